The third kappa shape index (κ3) is 3.68. The lowest BCUT2D eigenvalue weighted by Gasteiger charge is -2.34. The van der Waals surface area contributed by atoms with Crippen molar-refractivity contribution < 1.29 is 14.0 Å². The number of aromatic nitrogens is 1. The first-order valence-corrected chi connectivity index (χ1v) is 7.62. The van der Waals surface area contributed by atoms with E-state index in [1.807, 2.05) is 0 Å². The monoisotopic (exact) mass is 328 g/mol. The Labute approximate surface area is 138 Å². The Morgan fingerprint density at radius 3 is 2.50 bits per heavy atom. The van der Waals surface area contributed by atoms with Crippen molar-refractivity contribution in [3.05, 3.63) is 54.1 Å². The normalized spacial score (nSPS) is 14.4. The molecule has 2 amide bonds. The summed E-state index contributed by atoms with van der Waals surface area (Å²) in [5.41, 5.74) is 1.79. The molecule has 0 saturated carbocycles. The number of carbonyl (C=O) groups is 2. The van der Waals surface area contributed by atoms with Crippen LogP contribution in [0.4, 0.5) is 15.8 Å². The molecule has 0 atom stereocenters. The summed E-state index contributed by atoms with van der Waals surface area (Å²) in [6, 6.07) is 7.35. The van der Waals surface area contributed by atoms with Gasteiger partial charge in [0.25, 0.3) is 5.91 Å². The van der Waals surface area contributed by atoms with Crippen LogP contribution in [-0.2, 0) is 4.79 Å². The zero-order chi connectivity index (χ0) is 16.9. The fourth-order valence-electron chi connectivity index (χ4n) is 2.55. The molecule has 1 fully saturated rings. The third-order valence-electron chi connectivity index (χ3n) is 3.92. The third-order valence-corrected chi connectivity index (χ3v) is 3.92. The van der Waals surface area contributed by atoms with E-state index in [1.165, 1.54) is 30.5 Å². The first kappa shape index (κ1) is 15.9. The Morgan fingerprint density at radius 1 is 1.12 bits per heavy atom. The Bertz CT molecular complexity index is 728. The van der Waals surface area contributed by atoms with Gasteiger partial charge in [-0.05, 0) is 30.3 Å². The highest BCUT2D eigenvalue weighted by Gasteiger charge is 2.17. The van der Waals surface area contributed by atoms with E-state index >= 15 is 0 Å². The van der Waals surface area contributed by atoms with Crippen molar-refractivity contribution >= 4 is 23.7 Å². The van der Waals surface area contributed by atoms with E-state index in [1.54, 1.807) is 17.2 Å². The molecule has 1 aromatic carbocycles. The number of hydrogen-bond donors (Lipinski definition) is 1. The van der Waals surface area contributed by atoms with Crippen LogP contribution in [0, 0.1) is 5.82 Å². The Balaban J connectivity index is 1.69. The smallest absolute Gasteiger partial charge is 0.257 e. The number of nitrogens with one attached hydrogen (secondary N) is 1. The molecule has 0 bridgehead atoms. The maximum absolute atomic E-state index is 12.9. The minimum absolute atomic E-state index is 0.303. The minimum atomic E-state index is -0.355. The van der Waals surface area contributed by atoms with Crippen molar-refractivity contribution in [2.75, 3.05) is 36.4 Å². The number of benzene rings is 1. The second-order valence-corrected chi connectivity index (χ2v) is 5.52. The Hall–Kier alpha value is -2.96. The van der Waals surface area contributed by atoms with Crippen molar-refractivity contribution in [3.8, 4) is 0 Å². The zero-order valence-electron chi connectivity index (χ0n) is 13.0. The zero-order valence-corrected chi connectivity index (χ0v) is 13.0. The van der Waals surface area contributed by atoms with Crippen LogP contribution in [-0.4, -0.2) is 48.4 Å². The van der Waals surface area contributed by atoms with Gasteiger partial charge in [-0.3, -0.25) is 14.6 Å². The van der Waals surface area contributed by atoms with E-state index in [4.69, 9.17) is 0 Å². The molecular formula is C17H17FN4O2. The summed E-state index contributed by atoms with van der Waals surface area (Å²) < 4.78 is 12.9. The fourth-order valence-corrected chi connectivity index (χ4v) is 2.55. The molecule has 0 unspecified atom stereocenters. The van der Waals surface area contributed by atoms with Gasteiger partial charge in [0.1, 0.15) is 5.82 Å². The fraction of sp³-hybridized carbons (Fsp3) is 0.235. The van der Waals surface area contributed by atoms with Gasteiger partial charge in [0.05, 0.1) is 17.4 Å². The number of anilines is 2. The first-order valence-electron chi connectivity index (χ1n) is 7.62. The van der Waals surface area contributed by atoms with E-state index in [0.29, 0.717) is 37.4 Å². The summed E-state index contributed by atoms with van der Waals surface area (Å²) in [6.07, 6.45) is 4.04. The molecule has 2 heterocycles. The van der Waals surface area contributed by atoms with Gasteiger partial charge < -0.3 is 15.1 Å². The van der Waals surface area contributed by atoms with Crippen molar-refractivity contribution in [3.63, 3.8) is 0 Å². The van der Waals surface area contributed by atoms with Crippen LogP contribution in [0.1, 0.15) is 10.4 Å². The van der Waals surface area contributed by atoms with Gasteiger partial charge in [-0.25, -0.2) is 4.39 Å². The van der Waals surface area contributed by atoms with E-state index in [9.17, 15) is 14.0 Å². The Morgan fingerprint density at radius 2 is 1.83 bits per heavy atom. The van der Waals surface area contributed by atoms with E-state index in [2.05, 4.69) is 15.2 Å². The van der Waals surface area contributed by atoms with Gasteiger partial charge in [0, 0.05) is 38.1 Å². The molecule has 1 saturated heterocycles. The number of halogens is 1. The summed E-state index contributed by atoms with van der Waals surface area (Å²) in [4.78, 5) is 31.0. The molecule has 1 aromatic heterocycles. The highest BCUT2D eigenvalue weighted by atomic mass is 19.1. The van der Waals surface area contributed by atoms with E-state index < -0.39 is 0 Å². The number of pyridine rings is 1. The number of rotatable bonds is 4. The van der Waals surface area contributed by atoms with Crippen LogP contribution in [0.15, 0.2) is 42.7 Å². The first-order chi connectivity index (χ1) is 11.7. The van der Waals surface area contributed by atoms with E-state index in [0.717, 1.165) is 12.1 Å². The molecule has 0 radical (unpaired) electrons. The summed E-state index contributed by atoms with van der Waals surface area (Å²) in [5.74, 6) is -0.659. The average molecular weight is 328 g/mol. The van der Waals surface area contributed by atoms with E-state index in [-0.39, 0.29) is 11.7 Å². The predicted molar refractivity (Wildman–Crippen MR) is 88.4 cm³/mol. The largest absolute Gasteiger partial charge is 0.367 e. The molecule has 0 aliphatic carbocycles. The molecule has 7 heteroatoms. The maximum Gasteiger partial charge on any atom is 0.257 e. The van der Waals surface area contributed by atoms with Crippen molar-refractivity contribution in [1.29, 1.82) is 0 Å². The number of hydrogen-bond acceptors (Lipinski definition) is 4. The van der Waals surface area contributed by atoms with Gasteiger partial charge in [-0.1, -0.05) is 0 Å². The second kappa shape index (κ2) is 7.08. The highest BCUT2D eigenvalue weighted by Crippen LogP contribution is 2.18. The summed E-state index contributed by atoms with van der Waals surface area (Å²) in [5, 5.41) is 2.71. The Kier molecular flexibility index (Phi) is 4.69. The molecule has 0 spiro atoms. The van der Waals surface area contributed by atoms with Crippen LogP contribution >= 0.6 is 0 Å². The predicted octanol–water partition coefficient (Wildman–Crippen LogP) is 1.75. The van der Waals surface area contributed by atoms with Crippen LogP contribution in [0.25, 0.3) is 0 Å². The average Bonchev–Trinajstić information content (AvgIpc) is 2.64. The van der Waals surface area contributed by atoms with Crippen LogP contribution in [0.5, 0.6) is 0 Å². The standard InChI is InChI=1S/C17H17FN4O2/c18-14-1-3-15(4-2-14)20-17(24)13-9-16(11-19-10-13)22-7-5-21(12-23)6-8-22/h1-4,9-12H,5-8H2,(H,20,24). The van der Waals surface area contributed by atoms with Gasteiger partial charge >= 0.3 is 0 Å². The van der Waals surface area contributed by atoms with Gasteiger partial charge in [-0.2, -0.15) is 0 Å². The quantitative estimate of drug-likeness (QED) is 0.869. The SMILES string of the molecule is O=CN1CCN(c2cncc(C(=O)Nc3ccc(F)cc3)c2)CC1. The lowest BCUT2D eigenvalue weighted by atomic mass is 10.2. The second-order valence-electron chi connectivity index (χ2n) is 5.52. The van der Waals surface area contributed by atoms with Crippen molar-refractivity contribution in [2.24, 2.45) is 0 Å². The lowest BCUT2D eigenvalue weighted by molar-refractivity contribution is -0.118. The highest BCUT2D eigenvalue weighted by molar-refractivity contribution is 6.04. The van der Waals surface area contributed by atoms with Crippen molar-refractivity contribution in [1.82, 2.24) is 9.88 Å². The minimum Gasteiger partial charge on any atom is -0.367 e. The maximum atomic E-state index is 12.9. The molecular weight excluding hydrogens is 311 g/mol. The van der Waals surface area contributed by atoms with Crippen LogP contribution < -0.4 is 10.2 Å². The van der Waals surface area contributed by atoms with Gasteiger partial charge in [0.2, 0.25) is 6.41 Å². The van der Waals surface area contributed by atoms with Crippen LogP contribution in [0.2, 0.25) is 0 Å². The van der Waals surface area contributed by atoms with Crippen molar-refractivity contribution in [2.45, 2.75) is 0 Å². The molecule has 2 aromatic rings. The van der Waals surface area contributed by atoms with Gasteiger partial charge in [0.15, 0.2) is 0 Å². The molecule has 1 aliphatic heterocycles. The molecule has 24 heavy (non-hydrogen) atoms. The molecule has 1 N–H and O–H groups in total. The number of amides is 2. The number of nitrogens with zero attached hydrogens (tertiary/aromatic N) is 3. The van der Waals surface area contributed by atoms with Gasteiger partial charge in [-0.15, -0.1) is 0 Å². The summed E-state index contributed by atoms with van der Waals surface area (Å²) in [7, 11) is 0. The topological polar surface area (TPSA) is 65.5 Å². The number of carbonyl (C=O) groups excluding carboxylic acids is 2. The molecule has 1 aliphatic rings. The molecule has 124 valence electrons. The summed E-state index contributed by atoms with van der Waals surface area (Å²) in [6.45, 7) is 2.69. The summed E-state index contributed by atoms with van der Waals surface area (Å²) >= 11 is 0. The number of piperazine rings is 1. The lowest BCUT2D eigenvalue weighted by Crippen LogP contribution is -2.45. The van der Waals surface area contributed by atoms with Crippen LogP contribution in [0.3, 0.4) is 0 Å². The molecule has 3 rings (SSSR count). The molecule has 6 nitrogen and oxygen atoms in total.